The molecule has 2 aromatic rings. The quantitative estimate of drug-likeness (QED) is 0.858. The molecule has 3 nitrogen and oxygen atoms in total. The lowest BCUT2D eigenvalue weighted by Gasteiger charge is -2.02. The smallest absolute Gasteiger partial charge is 0.120 e. The number of hydrogen-bond acceptors (Lipinski definition) is 4. The molecule has 1 aromatic carbocycles. The van der Waals surface area contributed by atoms with Gasteiger partial charge in [-0.15, -0.1) is 11.3 Å². The lowest BCUT2D eigenvalue weighted by molar-refractivity contribution is 0.201. The Morgan fingerprint density at radius 3 is 3.06 bits per heavy atom. The minimum Gasteiger partial charge on any atom is -0.491 e. The molecule has 0 spiro atoms. The van der Waals surface area contributed by atoms with Gasteiger partial charge in [0.25, 0.3) is 0 Å². The molecule has 0 fully saturated rings. The largest absolute Gasteiger partial charge is 0.491 e. The summed E-state index contributed by atoms with van der Waals surface area (Å²) < 4.78 is 6.54. The average Bonchev–Trinajstić information content (AvgIpc) is 2.75. The van der Waals surface area contributed by atoms with Crippen LogP contribution in [-0.2, 0) is 6.42 Å². The number of nitrogens with zero attached hydrogens (tertiary/aromatic N) is 1. The highest BCUT2D eigenvalue weighted by Crippen LogP contribution is 2.27. The number of aliphatic hydroxyl groups is 1. The Bertz CT molecular complexity index is 475. The molecule has 0 saturated heterocycles. The number of rotatable bonds is 6. The second-order valence-electron chi connectivity index (χ2n) is 3.91. The number of hydrogen-bond donors (Lipinski definition) is 1. The summed E-state index contributed by atoms with van der Waals surface area (Å²) in [6.45, 7) is 2.57. The minimum atomic E-state index is 0.0441. The summed E-state index contributed by atoms with van der Waals surface area (Å²) in [7, 11) is 0. The fourth-order valence-corrected chi connectivity index (χ4v) is 2.68. The van der Waals surface area contributed by atoms with Crippen LogP contribution >= 0.6 is 11.3 Å². The summed E-state index contributed by atoms with van der Waals surface area (Å²) >= 11 is 1.73. The van der Waals surface area contributed by atoms with Crippen molar-refractivity contribution >= 4 is 21.6 Å². The third-order valence-electron chi connectivity index (χ3n) is 2.51. The predicted molar refractivity (Wildman–Crippen MR) is 70.8 cm³/mol. The standard InChI is InChI=1S/C13H17NO2S/c1-2-3-4-13-14-11-6-5-10(16-8-7-15)9-12(11)17-13/h5-6,9,15H,2-4,7-8H2,1H3. The summed E-state index contributed by atoms with van der Waals surface area (Å²) in [6.07, 6.45) is 3.44. The number of fused-ring (bicyclic) bond motifs is 1. The van der Waals surface area contributed by atoms with Crippen molar-refractivity contribution in [2.24, 2.45) is 0 Å². The van der Waals surface area contributed by atoms with Crippen LogP contribution in [0, 0.1) is 0 Å². The topological polar surface area (TPSA) is 42.4 Å². The Kier molecular flexibility index (Phi) is 4.34. The zero-order valence-corrected chi connectivity index (χ0v) is 10.8. The first-order chi connectivity index (χ1) is 8.33. The first kappa shape index (κ1) is 12.3. The van der Waals surface area contributed by atoms with Crippen LogP contribution in [0.4, 0.5) is 0 Å². The fraction of sp³-hybridized carbons (Fsp3) is 0.462. The number of unbranched alkanes of at least 4 members (excludes halogenated alkanes) is 1. The molecule has 17 heavy (non-hydrogen) atoms. The minimum absolute atomic E-state index is 0.0441. The van der Waals surface area contributed by atoms with Crippen LogP contribution in [0.2, 0.25) is 0 Å². The number of ether oxygens (including phenoxy) is 1. The van der Waals surface area contributed by atoms with Crippen molar-refractivity contribution in [3.05, 3.63) is 23.2 Å². The molecule has 1 heterocycles. The van der Waals surface area contributed by atoms with Crippen molar-refractivity contribution in [1.29, 1.82) is 0 Å². The average molecular weight is 251 g/mol. The molecule has 0 aliphatic rings. The van der Waals surface area contributed by atoms with Crippen LogP contribution in [0.1, 0.15) is 24.8 Å². The first-order valence-electron chi connectivity index (χ1n) is 5.96. The number of aryl methyl sites for hydroxylation is 1. The van der Waals surface area contributed by atoms with Gasteiger partial charge in [0.2, 0.25) is 0 Å². The van der Waals surface area contributed by atoms with E-state index in [4.69, 9.17) is 9.84 Å². The van der Waals surface area contributed by atoms with Crippen LogP contribution in [0.15, 0.2) is 18.2 Å². The Labute approximate surface area is 105 Å². The predicted octanol–water partition coefficient (Wildman–Crippen LogP) is 3.01. The van der Waals surface area contributed by atoms with Crippen molar-refractivity contribution in [2.75, 3.05) is 13.2 Å². The van der Waals surface area contributed by atoms with Crippen molar-refractivity contribution < 1.29 is 9.84 Å². The molecule has 0 radical (unpaired) electrons. The summed E-state index contributed by atoms with van der Waals surface area (Å²) in [5.74, 6) is 0.803. The van der Waals surface area contributed by atoms with E-state index in [1.54, 1.807) is 11.3 Å². The Morgan fingerprint density at radius 2 is 2.29 bits per heavy atom. The zero-order valence-electron chi connectivity index (χ0n) is 9.98. The maximum absolute atomic E-state index is 8.71. The Hall–Kier alpha value is -1.13. The molecule has 92 valence electrons. The molecule has 1 N–H and O–H groups in total. The molecular weight excluding hydrogens is 234 g/mol. The zero-order chi connectivity index (χ0) is 12.1. The maximum Gasteiger partial charge on any atom is 0.120 e. The highest BCUT2D eigenvalue weighted by Gasteiger charge is 2.04. The van der Waals surface area contributed by atoms with Crippen LogP contribution in [0.5, 0.6) is 5.75 Å². The van der Waals surface area contributed by atoms with Crippen molar-refractivity contribution in [2.45, 2.75) is 26.2 Å². The van der Waals surface area contributed by atoms with Gasteiger partial charge in [-0.2, -0.15) is 0 Å². The number of aromatic nitrogens is 1. The van der Waals surface area contributed by atoms with E-state index in [1.165, 1.54) is 17.8 Å². The molecule has 0 unspecified atom stereocenters. The molecule has 2 rings (SSSR count). The maximum atomic E-state index is 8.71. The van der Waals surface area contributed by atoms with Gasteiger partial charge in [-0.05, 0) is 31.0 Å². The van der Waals surface area contributed by atoms with E-state index in [2.05, 4.69) is 11.9 Å². The highest BCUT2D eigenvalue weighted by atomic mass is 32.1. The SMILES string of the molecule is CCCCc1nc2ccc(OCCO)cc2s1. The van der Waals surface area contributed by atoms with E-state index in [-0.39, 0.29) is 6.61 Å². The molecule has 0 bridgehead atoms. The number of benzene rings is 1. The van der Waals surface area contributed by atoms with Crippen LogP contribution in [0.3, 0.4) is 0 Å². The second kappa shape index (κ2) is 5.98. The van der Waals surface area contributed by atoms with Crippen LogP contribution in [0.25, 0.3) is 10.2 Å². The number of aliphatic hydroxyl groups excluding tert-OH is 1. The van der Waals surface area contributed by atoms with Crippen molar-refractivity contribution in [1.82, 2.24) is 4.98 Å². The summed E-state index contributed by atoms with van der Waals surface area (Å²) in [5, 5.41) is 9.90. The van der Waals surface area contributed by atoms with Gasteiger partial charge < -0.3 is 9.84 Å². The third-order valence-corrected chi connectivity index (χ3v) is 3.59. The van der Waals surface area contributed by atoms with Gasteiger partial charge in [0.1, 0.15) is 12.4 Å². The molecule has 1 aromatic heterocycles. The molecule has 4 heteroatoms. The van der Waals surface area contributed by atoms with Gasteiger partial charge in [-0.1, -0.05) is 13.3 Å². The van der Waals surface area contributed by atoms with E-state index in [0.29, 0.717) is 6.61 Å². The number of thiazole rings is 1. The fourth-order valence-electron chi connectivity index (χ4n) is 1.64. The van der Waals surface area contributed by atoms with E-state index < -0.39 is 0 Å². The lowest BCUT2D eigenvalue weighted by Crippen LogP contribution is -2.00. The molecule has 0 atom stereocenters. The van der Waals surface area contributed by atoms with E-state index in [0.717, 1.165) is 22.4 Å². The summed E-state index contributed by atoms with van der Waals surface area (Å²) in [5.41, 5.74) is 1.04. The van der Waals surface area contributed by atoms with E-state index in [1.807, 2.05) is 18.2 Å². The van der Waals surface area contributed by atoms with Crippen molar-refractivity contribution in [3.8, 4) is 5.75 Å². The Morgan fingerprint density at radius 1 is 1.41 bits per heavy atom. The molecule has 0 amide bonds. The highest BCUT2D eigenvalue weighted by molar-refractivity contribution is 7.18. The van der Waals surface area contributed by atoms with Gasteiger partial charge in [0.15, 0.2) is 0 Å². The second-order valence-corrected chi connectivity index (χ2v) is 5.03. The van der Waals surface area contributed by atoms with Gasteiger partial charge in [0.05, 0.1) is 21.8 Å². The van der Waals surface area contributed by atoms with Gasteiger partial charge in [-0.3, -0.25) is 0 Å². The monoisotopic (exact) mass is 251 g/mol. The molecule has 0 aliphatic heterocycles. The van der Waals surface area contributed by atoms with Crippen molar-refractivity contribution in [3.63, 3.8) is 0 Å². The third kappa shape index (κ3) is 3.17. The van der Waals surface area contributed by atoms with E-state index >= 15 is 0 Å². The first-order valence-corrected chi connectivity index (χ1v) is 6.78. The molecule has 0 aliphatic carbocycles. The lowest BCUT2D eigenvalue weighted by atomic mass is 10.2. The van der Waals surface area contributed by atoms with Crippen LogP contribution < -0.4 is 4.74 Å². The van der Waals surface area contributed by atoms with E-state index in [9.17, 15) is 0 Å². The Balaban J connectivity index is 2.15. The molecular formula is C13H17NO2S. The summed E-state index contributed by atoms with van der Waals surface area (Å²) in [6, 6.07) is 5.88. The van der Waals surface area contributed by atoms with Crippen LogP contribution in [-0.4, -0.2) is 23.3 Å². The van der Waals surface area contributed by atoms with Gasteiger partial charge >= 0.3 is 0 Å². The normalized spacial score (nSPS) is 10.9. The van der Waals surface area contributed by atoms with Gasteiger partial charge in [0, 0.05) is 0 Å². The van der Waals surface area contributed by atoms with Gasteiger partial charge in [-0.25, -0.2) is 4.98 Å². The summed E-state index contributed by atoms with van der Waals surface area (Å²) in [4.78, 5) is 4.59. The molecule has 0 saturated carbocycles.